The average molecular weight is 291 g/mol. The van der Waals surface area contributed by atoms with Gasteiger partial charge in [0.25, 0.3) is 0 Å². The molecular weight excluding hydrogens is 278 g/mol. The highest BCUT2D eigenvalue weighted by molar-refractivity contribution is 7.17. The van der Waals surface area contributed by atoms with Crippen LogP contribution in [0.4, 0.5) is 0 Å². The van der Waals surface area contributed by atoms with Gasteiger partial charge < -0.3 is 4.98 Å². The number of thiophene rings is 1. The number of nitrogens with zero attached hydrogens (tertiary/aromatic N) is 2. The number of benzene rings is 1. The molecule has 0 aliphatic carbocycles. The van der Waals surface area contributed by atoms with Gasteiger partial charge in [0.15, 0.2) is 0 Å². The number of hydrogen-bond acceptors (Lipinski definition) is 3. The van der Waals surface area contributed by atoms with Crippen molar-refractivity contribution in [2.24, 2.45) is 0 Å². The zero-order valence-electron chi connectivity index (χ0n) is 11.2. The van der Waals surface area contributed by atoms with Crippen LogP contribution in [-0.4, -0.2) is 15.0 Å². The molecule has 0 bridgehead atoms. The fourth-order valence-electron chi connectivity index (χ4n) is 2.70. The number of aromatic amines is 1. The van der Waals surface area contributed by atoms with Gasteiger partial charge in [-0.2, -0.15) is 0 Å². The summed E-state index contributed by atoms with van der Waals surface area (Å²) in [6.45, 7) is 0. The molecule has 4 rings (SSSR count). The Kier molecular flexibility index (Phi) is 3.01. The molecule has 0 spiro atoms. The smallest absolute Gasteiger partial charge is 0.0922 e. The Morgan fingerprint density at radius 3 is 2.86 bits per heavy atom. The van der Waals surface area contributed by atoms with E-state index in [9.17, 15) is 0 Å². The molecule has 0 saturated carbocycles. The maximum atomic E-state index is 4.56. The van der Waals surface area contributed by atoms with Gasteiger partial charge in [-0.1, -0.05) is 24.3 Å². The molecule has 1 unspecified atom stereocenters. The normalized spacial score (nSPS) is 12.6. The van der Waals surface area contributed by atoms with Crippen LogP contribution in [0.15, 0.2) is 66.6 Å². The molecule has 1 atom stereocenters. The number of H-pyrrole nitrogens is 1. The van der Waals surface area contributed by atoms with E-state index in [0.29, 0.717) is 0 Å². The highest BCUT2D eigenvalue weighted by Crippen LogP contribution is 2.36. The molecule has 21 heavy (non-hydrogen) atoms. The predicted molar refractivity (Wildman–Crippen MR) is 85.6 cm³/mol. The van der Waals surface area contributed by atoms with E-state index in [1.807, 2.05) is 24.5 Å². The fourth-order valence-corrected chi connectivity index (χ4v) is 3.65. The summed E-state index contributed by atoms with van der Waals surface area (Å²) in [4.78, 5) is 12.0. The lowest BCUT2D eigenvalue weighted by Gasteiger charge is -2.16. The van der Waals surface area contributed by atoms with Crippen molar-refractivity contribution in [3.8, 4) is 0 Å². The standard InChI is InChI=1S/C17H13N3S/c1-2-8-19-14(6-1)16(15-10-18-11-20-15)13-5-3-4-12-7-9-21-17(12)13/h1-11,16H,(H,18,20). The molecular formula is C17H13N3S. The summed E-state index contributed by atoms with van der Waals surface area (Å²) in [6, 6.07) is 14.6. The summed E-state index contributed by atoms with van der Waals surface area (Å²) in [5, 5.41) is 3.41. The second kappa shape index (κ2) is 5.14. The Bertz CT molecular complexity index is 850. The summed E-state index contributed by atoms with van der Waals surface area (Å²) in [6.07, 6.45) is 5.44. The lowest BCUT2D eigenvalue weighted by Crippen LogP contribution is -2.05. The zero-order chi connectivity index (χ0) is 14.1. The monoisotopic (exact) mass is 291 g/mol. The highest BCUT2D eigenvalue weighted by Gasteiger charge is 2.21. The molecule has 0 aliphatic rings. The second-order valence-electron chi connectivity index (χ2n) is 4.88. The van der Waals surface area contributed by atoms with Crippen LogP contribution in [0.3, 0.4) is 0 Å². The molecule has 0 saturated heterocycles. The van der Waals surface area contributed by atoms with Gasteiger partial charge in [0.2, 0.25) is 0 Å². The minimum atomic E-state index is 0.0797. The molecule has 4 aromatic rings. The minimum absolute atomic E-state index is 0.0797. The van der Waals surface area contributed by atoms with Crippen LogP contribution in [0.2, 0.25) is 0 Å². The summed E-state index contributed by atoms with van der Waals surface area (Å²) in [5.41, 5.74) is 3.36. The first kappa shape index (κ1) is 12.3. The average Bonchev–Trinajstić information content (AvgIpc) is 3.20. The van der Waals surface area contributed by atoms with Crippen molar-refractivity contribution in [1.82, 2.24) is 15.0 Å². The second-order valence-corrected chi connectivity index (χ2v) is 5.80. The first-order valence-electron chi connectivity index (χ1n) is 6.79. The van der Waals surface area contributed by atoms with Crippen molar-refractivity contribution in [2.45, 2.75) is 5.92 Å². The quantitative estimate of drug-likeness (QED) is 0.614. The highest BCUT2D eigenvalue weighted by atomic mass is 32.1. The Morgan fingerprint density at radius 1 is 1.05 bits per heavy atom. The number of imidazole rings is 1. The molecule has 3 aromatic heterocycles. The van der Waals surface area contributed by atoms with Crippen molar-refractivity contribution in [1.29, 1.82) is 0 Å². The van der Waals surface area contributed by atoms with E-state index in [1.54, 1.807) is 17.7 Å². The lowest BCUT2D eigenvalue weighted by molar-refractivity contribution is 0.895. The van der Waals surface area contributed by atoms with E-state index in [2.05, 4.69) is 50.7 Å². The molecule has 3 nitrogen and oxygen atoms in total. The third-order valence-electron chi connectivity index (χ3n) is 3.63. The first-order chi connectivity index (χ1) is 10.4. The number of fused-ring (bicyclic) bond motifs is 1. The van der Waals surface area contributed by atoms with Crippen LogP contribution in [0.25, 0.3) is 10.1 Å². The molecule has 0 amide bonds. The van der Waals surface area contributed by atoms with Crippen LogP contribution in [0.5, 0.6) is 0 Å². The number of hydrogen-bond donors (Lipinski definition) is 1. The van der Waals surface area contributed by atoms with Crippen LogP contribution >= 0.6 is 11.3 Å². The van der Waals surface area contributed by atoms with Crippen molar-refractivity contribution < 1.29 is 0 Å². The summed E-state index contributed by atoms with van der Waals surface area (Å²) in [7, 11) is 0. The molecule has 1 N–H and O–H groups in total. The van der Waals surface area contributed by atoms with Gasteiger partial charge >= 0.3 is 0 Å². The van der Waals surface area contributed by atoms with Gasteiger partial charge in [0, 0.05) is 22.8 Å². The van der Waals surface area contributed by atoms with Crippen LogP contribution in [0, 0.1) is 0 Å². The van der Waals surface area contributed by atoms with Gasteiger partial charge in [-0.05, 0) is 34.5 Å². The van der Waals surface area contributed by atoms with Gasteiger partial charge in [-0.15, -0.1) is 11.3 Å². The van der Waals surface area contributed by atoms with E-state index in [-0.39, 0.29) is 5.92 Å². The van der Waals surface area contributed by atoms with Crippen molar-refractivity contribution in [2.75, 3.05) is 0 Å². The van der Waals surface area contributed by atoms with Crippen LogP contribution in [-0.2, 0) is 0 Å². The molecule has 4 heteroatoms. The van der Waals surface area contributed by atoms with Crippen molar-refractivity contribution >= 4 is 21.4 Å². The third kappa shape index (κ3) is 2.14. The van der Waals surface area contributed by atoms with E-state index in [1.165, 1.54) is 15.6 Å². The van der Waals surface area contributed by atoms with Crippen molar-refractivity contribution in [3.05, 3.63) is 83.5 Å². The summed E-state index contributed by atoms with van der Waals surface area (Å²) < 4.78 is 1.31. The number of pyridine rings is 1. The van der Waals surface area contributed by atoms with Crippen LogP contribution in [0.1, 0.15) is 22.9 Å². The maximum Gasteiger partial charge on any atom is 0.0922 e. The third-order valence-corrected chi connectivity index (χ3v) is 4.61. The summed E-state index contributed by atoms with van der Waals surface area (Å²) in [5.74, 6) is 0.0797. The van der Waals surface area contributed by atoms with Gasteiger partial charge in [0.05, 0.1) is 17.9 Å². The Labute approximate surface area is 126 Å². The van der Waals surface area contributed by atoms with E-state index < -0.39 is 0 Å². The Balaban J connectivity index is 1.97. The topological polar surface area (TPSA) is 41.6 Å². The van der Waals surface area contributed by atoms with E-state index in [0.717, 1.165) is 11.4 Å². The van der Waals surface area contributed by atoms with Gasteiger partial charge in [-0.3, -0.25) is 4.98 Å². The van der Waals surface area contributed by atoms with Gasteiger partial charge in [0.1, 0.15) is 0 Å². The first-order valence-corrected chi connectivity index (χ1v) is 7.67. The number of rotatable bonds is 3. The Morgan fingerprint density at radius 2 is 2.05 bits per heavy atom. The molecule has 102 valence electrons. The van der Waals surface area contributed by atoms with E-state index >= 15 is 0 Å². The molecule has 0 aliphatic heterocycles. The van der Waals surface area contributed by atoms with Crippen LogP contribution < -0.4 is 0 Å². The molecule has 1 aromatic carbocycles. The minimum Gasteiger partial charge on any atom is -0.348 e. The lowest BCUT2D eigenvalue weighted by atomic mass is 9.91. The molecule has 0 radical (unpaired) electrons. The summed E-state index contributed by atoms with van der Waals surface area (Å²) >= 11 is 1.77. The predicted octanol–water partition coefficient (Wildman–Crippen LogP) is 4.20. The van der Waals surface area contributed by atoms with Crippen molar-refractivity contribution in [3.63, 3.8) is 0 Å². The SMILES string of the molecule is c1ccc(C(c2cnc[nH]2)c2cccc3ccsc23)nc1. The van der Waals surface area contributed by atoms with Gasteiger partial charge in [-0.25, -0.2) is 4.98 Å². The zero-order valence-corrected chi connectivity index (χ0v) is 12.0. The molecule has 3 heterocycles. The Hall–Kier alpha value is -2.46. The number of aromatic nitrogens is 3. The molecule has 0 fully saturated rings. The fraction of sp³-hybridized carbons (Fsp3) is 0.0588. The maximum absolute atomic E-state index is 4.56. The largest absolute Gasteiger partial charge is 0.348 e. The number of nitrogens with one attached hydrogen (secondary N) is 1. The van der Waals surface area contributed by atoms with E-state index in [4.69, 9.17) is 0 Å².